The fourth-order valence-electron chi connectivity index (χ4n) is 2.76. The van der Waals surface area contributed by atoms with E-state index in [0.29, 0.717) is 0 Å². The first kappa shape index (κ1) is 14.4. The minimum Gasteiger partial charge on any atom is -0.494 e. The van der Waals surface area contributed by atoms with E-state index in [1.54, 1.807) is 6.21 Å². The highest BCUT2D eigenvalue weighted by molar-refractivity contribution is 6.03. The van der Waals surface area contributed by atoms with Crippen LogP contribution in [0.25, 0.3) is 10.9 Å². The van der Waals surface area contributed by atoms with E-state index in [0.717, 1.165) is 39.7 Å². The molecule has 3 nitrogen and oxygen atoms in total. The van der Waals surface area contributed by atoms with E-state index in [1.165, 1.54) is 5.56 Å². The summed E-state index contributed by atoms with van der Waals surface area (Å²) in [4.78, 5) is 7.65. The number of aliphatic imine (C=N–C) groups is 1. The van der Waals surface area contributed by atoms with Crippen molar-refractivity contribution < 1.29 is 5.11 Å². The van der Waals surface area contributed by atoms with Gasteiger partial charge in [-0.3, -0.25) is 4.99 Å². The Bertz CT molecular complexity index is 859. The monoisotopic (exact) mass is 292 g/mol. The lowest BCUT2D eigenvalue weighted by molar-refractivity contribution is 0.457. The van der Waals surface area contributed by atoms with Gasteiger partial charge in [0.2, 0.25) is 0 Å². The molecule has 2 aromatic carbocycles. The van der Waals surface area contributed by atoms with Crippen molar-refractivity contribution in [2.24, 2.45) is 4.99 Å². The topological polar surface area (TPSA) is 48.4 Å². The molecule has 0 fully saturated rings. The molecule has 22 heavy (non-hydrogen) atoms. The van der Waals surface area contributed by atoms with E-state index in [4.69, 9.17) is 0 Å². The predicted octanol–water partition coefficient (Wildman–Crippen LogP) is 4.80. The van der Waals surface area contributed by atoms with Crippen LogP contribution in [0, 0.1) is 13.8 Å². The van der Waals surface area contributed by atoms with Gasteiger partial charge in [-0.1, -0.05) is 36.8 Å². The first-order valence-corrected chi connectivity index (χ1v) is 7.54. The third-order valence-corrected chi connectivity index (χ3v) is 4.00. The molecular formula is C19H20N2O. The lowest BCUT2D eigenvalue weighted by Gasteiger charge is -2.06. The highest BCUT2D eigenvalue weighted by Gasteiger charge is 2.09. The number of nitrogens with one attached hydrogen (secondary N) is 1. The molecule has 112 valence electrons. The van der Waals surface area contributed by atoms with Crippen LogP contribution in [0.1, 0.15) is 29.2 Å². The van der Waals surface area contributed by atoms with Gasteiger partial charge in [0, 0.05) is 17.1 Å². The number of para-hydroxylation sites is 1. The van der Waals surface area contributed by atoms with Crippen LogP contribution in [0.2, 0.25) is 0 Å². The first-order chi connectivity index (χ1) is 10.6. The Morgan fingerprint density at radius 3 is 2.77 bits per heavy atom. The first-order valence-electron chi connectivity index (χ1n) is 7.54. The number of aromatic nitrogens is 1. The summed E-state index contributed by atoms with van der Waals surface area (Å²) < 4.78 is 0. The van der Waals surface area contributed by atoms with Crippen molar-refractivity contribution in [1.82, 2.24) is 4.98 Å². The molecule has 3 rings (SSSR count). The van der Waals surface area contributed by atoms with Crippen LogP contribution in [-0.2, 0) is 6.42 Å². The molecule has 0 spiro atoms. The Kier molecular flexibility index (Phi) is 3.72. The van der Waals surface area contributed by atoms with Crippen molar-refractivity contribution in [3.8, 4) is 5.88 Å². The minimum absolute atomic E-state index is 0.163. The molecule has 1 aromatic heterocycles. The second-order valence-electron chi connectivity index (χ2n) is 5.63. The lowest BCUT2D eigenvalue weighted by Crippen LogP contribution is -1.86. The van der Waals surface area contributed by atoms with Crippen molar-refractivity contribution in [3.05, 3.63) is 58.7 Å². The Labute approximate surface area is 130 Å². The number of rotatable bonds is 3. The van der Waals surface area contributed by atoms with Gasteiger partial charge in [0.05, 0.1) is 11.3 Å². The van der Waals surface area contributed by atoms with Crippen LogP contribution in [0.4, 0.5) is 5.69 Å². The molecule has 2 N–H and O–H groups in total. The maximum Gasteiger partial charge on any atom is 0.198 e. The average Bonchev–Trinajstić information content (AvgIpc) is 2.81. The van der Waals surface area contributed by atoms with Gasteiger partial charge < -0.3 is 10.1 Å². The number of benzene rings is 2. The van der Waals surface area contributed by atoms with Gasteiger partial charge in [-0.15, -0.1) is 0 Å². The summed E-state index contributed by atoms with van der Waals surface area (Å²) in [7, 11) is 0. The van der Waals surface area contributed by atoms with Gasteiger partial charge in [-0.05, 0) is 43.5 Å². The van der Waals surface area contributed by atoms with Gasteiger partial charge in [0.1, 0.15) is 0 Å². The SMILES string of the molecule is CCc1cccc(C)c1N=Cc1c(O)[nH]c2ccc(C)cc12. The number of aromatic amines is 1. The molecule has 0 bridgehead atoms. The molecule has 0 aliphatic rings. The van der Waals surface area contributed by atoms with Crippen LogP contribution in [0.15, 0.2) is 41.4 Å². The zero-order valence-corrected chi connectivity index (χ0v) is 13.1. The number of aromatic hydroxyl groups is 1. The Morgan fingerprint density at radius 2 is 2.00 bits per heavy atom. The molecule has 1 heterocycles. The van der Waals surface area contributed by atoms with E-state index < -0.39 is 0 Å². The number of hydrogen-bond acceptors (Lipinski definition) is 2. The number of aryl methyl sites for hydroxylation is 3. The molecule has 0 aliphatic carbocycles. The van der Waals surface area contributed by atoms with Crippen molar-refractivity contribution in [1.29, 1.82) is 0 Å². The summed E-state index contributed by atoms with van der Waals surface area (Å²) in [5, 5.41) is 11.1. The van der Waals surface area contributed by atoms with Crippen molar-refractivity contribution in [2.45, 2.75) is 27.2 Å². The Morgan fingerprint density at radius 1 is 1.18 bits per heavy atom. The summed E-state index contributed by atoms with van der Waals surface area (Å²) in [6, 6.07) is 12.3. The van der Waals surface area contributed by atoms with E-state index >= 15 is 0 Å². The van der Waals surface area contributed by atoms with Crippen LogP contribution >= 0.6 is 0 Å². The summed E-state index contributed by atoms with van der Waals surface area (Å²) in [5.41, 5.74) is 6.17. The highest BCUT2D eigenvalue weighted by atomic mass is 16.3. The van der Waals surface area contributed by atoms with E-state index in [2.05, 4.69) is 48.1 Å². The lowest BCUT2D eigenvalue weighted by atomic mass is 10.1. The van der Waals surface area contributed by atoms with E-state index in [9.17, 15) is 5.11 Å². The van der Waals surface area contributed by atoms with Crippen LogP contribution in [-0.4, -0.2) is 16.3 Å². The summed E-state index contributed by atoms with van der Waals surface area (Å²) in [6.45, 7) is 6.23. The molecule has 0 saturated carbocycles. The molecule has 3 aromatic rings. The van der Waals surface area contributed by atoms with Crippen molar-refractivity contribution in [3.63, 3.8) is 0 Å². The quantitative estimate of drug-likeness (QED) is 0.669. The largest absolute Gasteiger partial charge is 0.494 e. The normalized spacial score (nSPS) is 11.6. The van der Waals surface area contributed by atoms with Crippen molar-refractivity contribution in [2.75, 3.05) is 0 Å². The fraction of sp³-hybridized carbons (Fsp3) is 0.211. The average molecular weight is 292 g/mol. The number of fused-ring (bicyclic) bond motifs is 1. The van der Waals surface area contributed by atoms with Gasteiger partial charge in [0.25, 0.3) is 0 Å². The maximum atomic E-state index is 10.2. The number of H-pyrrole nitrogens is 1. The fourth-order valence-corrected chi connectivity index (χ4v) is 2.76. The smallest absolute Gasteiger partial charge is 0.198 e. The van der Waals surface area contributed by atoms with Gasteiger partial charge in [-0.25, -0.2) is 0 Å². The molecule has 0 amide bonds. The zero-order valence-electron chi connectivity index (χ0n) is 13.1. The minimum atomic E-state index is 0.163. The number of nitrogens with zero attached hydrogens (tertiary/aromatic N) is 1. The Balaban J connectivity index is 2.11. The van der Waals surface area contributed by atoms with E-state index in [-0.39, 0.29) is 5.88 Å². The third kappa shape index (κ3) is 2.50. The number of hydrogen-bond donors (Lipinski definition) is 2. The summed E-state index contributed by atoms with van der Waals surface area (Å²) in [5.74, 6) is 0.163. The predicted molar refractivity (Wildman–Crippen MR) is 92.5 cm³/mol. The third-order valence-electron chi connectivity index (χ3n) is 4.00. The van der Waals surface area contributed by atoms with Crippen LogP contribution in [0.5, 0.6) is 5.88 Å². The second-order valence-corrected chi connectivity index (χ2v) is 5.63. The molecule has 0 saturated heterocycles. The molecule has 0 radical (unpaired) electrons. The Hall–Kier alpha value is -2.55. The molecule has 0 atom stereocenters. The standard InChI is InChI=1S/C19H20N2O/c1-4-14-7-5-6-13(3)18(14)20-11-16-15-10-12(2)8-9-17(15)21-19(16)22/h5-11,21-22H,4H2,1-3H3. The van der Waals surface area contributed by atoms with Gasteiger partial charge in [0.15, 0.2) is 5.88 Å². The second kappa shape index (κ2) is 5.68. The maximum absolute atomic E-state index is 10.2. The van der Waals surface area contributed by atoms with Gasteiger partial charge >= 0.3 is 0 Å². The summed E-state index contributed by atoms with van der Waals surface area (Å²) in [6.07, 6.45) is 2.70. The molecule has 0 unspecified atom stereocenters. The highest BCUT2D eigenvalue weighted by Crippen LogP contribution is 2.29. The molecular weight excluding hydrogens is 272 g/mol. The van der Waals surface area contributed by atoms with E-state index in [1.807, 2.05) is 19.1 Å². The summed E-state index contributed by atoms with van der Waals surface area (Å²) >= 11 is 0. The zero-order chi connectivity index (χ0) is 15.7. The van der Waals surface area contributed by atoms with Crippen molar-refractivity contribution >= 4 is 22.8 Å². The molecule has 3 heteroatoms. The van der Waals surface area contributed by atoms with Gasteiger partial charge in [-0.2, -0.15) is 0 Å². The molecule has 0 aliphatic heterocycles. The van der Waals surface area contributed by atoms with Crippen LogP contribution in [0.3, 0.4) is 0 Å². The van der Waals surface area contributed by atoms with Crippen LogP contribution < -0.4 is 0 Å².